The number of benzene rings is 1. The Morgan fingerprint density at radius 3 is 2.45 bits per heavy atom. The van der Waals surface area contributed by atoms with Gasteiger partial charge in [0.15, 0.2) is 0 Å². The Morgan fingerprint density at radius 2 is 1.90 bits per heavy atom. The van der Waals surface area contributed by atoms with Crippen molar-refractivity contribution in [2.45, 2.75) is 39.0 Å². The van der Waals surface area contributed by atoms with E-state index in [1.54, 1.807) is 0 Å². The molecule has 0 atom stereocenters. The smallest absolute Gasteiger partial charge is 0.0504 e. The lowest BCUT2D eigenvalue weighted by Gasteiger charge is -2.36. The van der Waals surface area contributed by atoms with Gasteiger partial charge in [-0.3, -0.25) is 0 Å². The molecule has 1 aromatic rings. The maximum absolute atomic E-state index is 9.76. The van der Waals surface area contributed by atoms with Gasteiger partial charge in [0.05, 0.1) is 6.61 Å². The summed E-state index contributed by atoms with van der Waals surface area (Å²) < 4.78 is 0. The second-order valence-corrected chi connectivity index (χ2v) is 6.47. The second kappa shape index (κ2) is 6.49. The number of nitrogens with one attached hydrogen (secondary N) is 1. The predicted molar refractivity (Wildman–Crippen MR) is 86.6 cm³/mol. The first kappa shape index (κ1) is 15.2. The average molecular weight is 276 g/mol. The quantitative estimate of drug-likeness (QED) is 0.865. The van der Waals surface area contributed by atoms with Crippen LogP contribution >= 0.6 is 0 Å². The summed E-state index contributed by atoms with van der Waals surface area (Å²) in [5, 5.41) is 13.3. The Labute approximate surface area is 123 Å². The third-order valence-electron chi connectivity index (χ3n) is 4.63. The number of nitrogens with zero attached hydrogens (tertiary/aromatic N) is 1. The maximum Gasteiger partial charge on any atom is 0.0504 e. The number of hydrogen-bond donors (Lipinski definition) is 2. The predicted octanol–water partition coefficient (Wildman–Crippen LogP) is 3.42. The van der Waals surface area contributed by atoms with Crippen LogP contribution in [0.15, 0.2) is 18.2 Å². The molecule has 1 aliphatic rings. The normalized spacial score (nSPS) is 17.8. The van der Waals surface area contributed by atoms with E-state index in [-0.39, 0.29) is 5.41 Å². The molecule has 0 aliphatic heterocycles. The van der Waals surface area contributed by atoms with Gasteiger partial charge in [0.25, 0.3) is 0 Å². The maximum atomic E-state index is 9.76. The monoisotopic (exact) mass is 276 g/mol. The van der Waals surface area contributed by atoms with Crippen LogP contribution < -0.4 is 10.2 Å². The van der Waals surface area contributed by atoms with E-state index in [0.29, 0.717) is 6.61 Å². The largest absolute Gasteiger partial charge is 0.396 e. The van der Waals surface area contributed by atoms with Gasteiger partial charge in [0.2, 0.25) is 0 Å². The van der Waals surface area contributed by atoms with E-state index in [4.69, 9.17) is 0 Å². The summed E-state index contributed by atoms with van der Waals surface area (Å²) in [6, 6.07) is 6.50. The molecule has 0 radical (unpaired) electrons. The lowest BCUT2D eigenvalue weighted by Crippen LogP contribution is -2.35. The molecule has 0 heterocycles. The summed E-state index contributed by atoms with van der Waals surface area (Å²) in [5.74, 6) is 0. The summed E-state index contributed by atoms with van der Waals surface area (Å²) in [7, 11) is 4.12. The molecule has 3 nitrogen and oxygen atoms in total. The molecule has 1 saturated carbocycles. The third kappa shape index (κ3) is 3.45. The molecule has 0 amide bonds. The van der Waals surface area contributed by atoms with Crippen LogP contribution in [0.25, 0.3) is 0 Å². The Bertz CT molecular complexity index is 437. The van der Waals surface area contributed by atoms with Gasteiger partial charge in [-0.1, -0.05) is 19.3 Å². The van der Waals surface area contributed by atoms with Gasteiger partial charge >= 0.3 is 0 Å². The molecule has 0 spiro atoms. The van der Waals surface area contributed by atoms with Gasteiger partial charge in [-0.25, -0.2) is 0 Å². The van der Waals surface area contributed by atoms with Crippen molar-refractivity contribution in [2.24, 2.45) is 5.41 Å². The summed E-state index contributed by atoms with van der Waals surface area (Å²) in [6.07, 6.45) is 6.11. The van der Waals surface area contributed by atoms with Crippen molar-refractivity contribution in [3.63, 3.8) is 0 Å². The first-order chi connectivity index (χ1) is 9.56. The van der Waals surface area contributed by atoms with Crippen LogP contribution in [0.5, 0.6) is 0 Å². The van der Waals surface area contributed by atoms with Crippen LogP contribution in [0.1, 0.15) is 37.7 Å². The van der Waals surface area contributed by atoms with Gasteiger partial charge in [-0.05, 0) is 43.5 Å². The van der Waals surface area contributed by atoms with E-state index in [2.05, 4.69) is 49.4 Å². The Balaban J connectivity index is 2.02. The number of aliphatic hydroxyl groups is 1. The molecule has 2 N–H and O–H groups in total. The van der Waals surface area contributed by atoms with E-state index in [1.165, 1.54) is 36.2 Å². The van der Waals surface area contributed by atoms with Gasteiger partial charge < -0.3 is 15.3 Å². The van der Waals surface area contributed by atoms with Crippen molar-refractivity contribution in [1.82, 2.24) is 0 Å². The summed E-state index contributed by atoms with van der Waals surface area (Å²) in [5.41, 5.74) is 3.77. The highest BCUT2D eigenvalue weighted by Crippen LogP contribution is 2.36. The molecule has 0 bridgehead atoms. The van der Waals surface area contributed by atoms with E-state index in [9.17, 15) is 5.11 Å². The highest BCUT2D eigenvalue weighted by atomic mass is 16.3. The zero-order chi connectivity index (χ0) is 14.6. The molecule has 0 unspecified atom stereocenters. The standard InChI is InChI=1S/C17H28N2O/c1-14-11-15(19(2)3)7-8-16(14)18-12-17(13-20)9-5-4-6-10-17/h7-8,11,18,20H,4-6,9-10,12-13H2,1-3H3. The van der Waals surface area contributed by atoms with Crippen LogP contribution in [0.3, 0.4) is 0 Å². The van der Waals surface area contributed by atoms with Crippen molar-refractivity contribution in [1.29, 1.82) is 0 Å². The summed E-state index contributed by atoms with van der Waals surface area (Å²) >= 11 is 0. The number of hydrogen-bond acceptors (Lipinski definition) is 3. The van der Waals surface area contributed by atoms with E-state index in [1.807, 2.05) is 0 Å². The van der Waals surface area contributed by atoms with Crippen LogP contribution in [0.4, 0.5) is 11.4 Å². The first-order valence-corrected chi connectivity index (χ1v) is 7.69. The van der Waals surface area contributed by atoms with E-state index in [0.717, 1.165) is 19.4 Å². The highest BCUT2D eigenvalue weighted by Gasteiger charge is 2.31. The Kier molecular flexibility index (Phi) is 4.92. The van der Waals surface area contributed by atoms with Gasteiger partial charge in [0, 0.05) is 37.4 Å². The van der Waals surface area contributed by atoms with Crippen LogP contribution in [0.2, 0.25) is 0 Å². The molecular weight excluding hydrogens is 248 g/mol. The van der Waals surface area contributed by atoms with Crippen LogP contribution in [-0.4, -0.2) is 32.4 Å². The van der Waals surface area contributed by atoms with Crippen LogP contribution in [0, 0.1) is 12.3 Å². The third-order valence-corrected chi connectivity index (χ3v) is 4.63. The summed E-state index contributed by atoms with van der Waals surface area (Å²) in [6.45, 7) is 3.32. The fraction of sp³-hybridized carbons (Fsp3) is 0.647. The molecular formula is C17H28N2O. The fourth-order valence-electron chi connectivity index (χ4n) is 3.10. The minimum atomic E-state index is 0.0882. The minimum absolute atomic E-state index is 0.0882. The van der Waals surface area contributed by atoms with Crippen molar-refractivity contribution in [3.05, 3.63) is 23.8 Å². The molecule has 0 aromatic heterocycles. The zero-order valence-electron chi connectivity index (χ0n) is 13.1. The molecule has 1 aliphatic carbocycles. The van der Waals surface area contributed by atoms with E-state index < -0.39 is 0 Å². The topological polar surface area (TPSA) is 35.5 Å². The van der Waals surface area contributed by atoms with E-state index >= 15 is 0 Å². The van der Waals surface area contributed by atoms with Gasteiger partial charge in [-0.2, -0.15) is 0 Å². The van der Waals surface area contributed by atoms with Crippen LogP contribution in [-0.2, 0) is 0 Å². The molecule has 3 heteroatoms. The lowest BCUT2D eigenvalue weighted by molar-refractivity contribution is 0.0944. The number of aliphatic hydroxyl groups excluding tert-OH is 1. The Morgan fingerprint density at radius 1 is 1.20 bits per heavy atom. The molecule has 20 heavy (non-hydrogen) atoms. The Hall–Kier alpha value is -1.22. The molecule has 112 valence electrons. The summed E-state index contributed by atoms with van der Waals surface area (Å²) in [4.78, 5) is 2.12. The number of rotatable bonds is 5. The SMILES string of the molecule is Cc1cc(N(C)C)ccc1NCC1(CO)CCCCC1. The number of aryl methyl sites for hydroxylation is 1. The number of anilines is 2. The highest BCUT2D eigenvalue weighted by molar-refractivity contribution is 5.59. The fourth-order valence-corrected chi connectivity index (χ4v) is 3.10. The van der Waals surface area contributed by atoms with Crippen molar-refractivity contribution in [3.8, 4) is 0 Å². The zero-order valence-corrected chi connectivity index (χ0v) is 13.1. The first-order valence-electron chi connectivity index (χ1n) is 7.69. The molecule has 2 rings (SSSR count). The average Bonchev–Trinajstić information content (AvgIpc) is 2.47. The van der Waals surface area contributed by atoms with Crippen molar-refractivity contribution >= 4 is 11.4 Å². The minimum Gasteiger partial charge on any atom is -0.396 e. The van der Waals surface area contributed by atoms with Gasteiger partial charge in [0.1, 0.15) is 0 Å². The molecule has 1 fully saturated rings. The van der Waals surface area contributed by atoms with Gasteiger partial charge in [-0.15, -0.1) is 0 Å². The van der Waals surface area contributed by atoms with Crippen molar-refractivity contribution < 1.29 is 5.11 Å². The second-order valence-electron chi connectivity index (χ2n) is 6.47. The lowest BCUT2D eigenvalue weighted by atomic mass is 9.74. The van der Waals surface area contributed by atoms with Crippen molar-refractivity contribution in [2.75, 3.05) is 37.5 Å². The molecule has 0 saturated heterocycles. The molecule has 1 aromatic carbocycles.